The van der Waals surface area contributed by atoms with Crippen LogP contribution in [0.2, 0.25) is 0 Å². The molecule has 1 amide bonds. The van der Waals surface area contributed by atoms with Crippen molar-refractivity contribution in [1.82, 2.24) is 20.1 Å². The Labute approximate surface area is 169 Å². The molecular weight excluding hydrogens is 368 g/mol. The minimum atomic E-state index is -0.0853. The Morgan fingerprint density at radius 2 is 1.97 bits per heavy atom. The number of hydrogen-bond acceptors (Lipinski definition) is 5. The van der Waals surface area contributed by atoms with E-state index in [1.165, 1.54) is 0 Å². The molecule has 1 aliphatic heterocycles. The topological polar surface area (TPSA) is 80.3 Å². The summed E-state index contributed by atoms with van der Waals surface area (Å²) in [6, 6.07) is 9.21. The molecule has 2 aromatic heterocycles. The number of carbonyl (C=O) groups excluding carboxylic acids is 1. The van der Waals surface area contributed by atoms with Crippen LogP contribution < -0.4 is 9.47 Å². The summed E-state index contributed by atoms with van der Waals surface area (Å²) in [4.78, 5) is 19.6. The average molecular weight is 392 g/mol. The standard InChI is InChI=1S/C22H24N4O3/c1-28-19-8-5-6-16(21(19)29-2)22(27)26-13-4-3-7-18(26)20-17(14-24-25-20)15-9-11-23-12-10-15/h5-6,8-12,14,18H,3-4,7,13H2,1-2H3,(H,24,25)/t18-/m1/s1. The van der Waals surface area contributed by atoms with Crippen LogP contribution >= 0.6 is 0 Å². The monoisotopic (exact) mass is 392 g/mol. The molecule has 1 saturated heterocycles. The summed E-state index contributed by atoms with van der Waals surface area (Å²) in [5.41, 5.74) is 3.48. The highest BCUT2D eigenvalue weighted by molar-refractivity contribution is 5.98. The number of aromatic amines is 1. The van der Waals surface area contributed by atoms with Crippen molar-refractivity contribution in [2.75, 3.05) is 20.8 Å². The van der Waals surface area contributed by atoms with Gasteiger partial charge in [-0.1, -0.05) is 6.07 Å². The van der Waals surface area contributed by atoms with Gasteiger partial charge in [0.1, 0.15) is 0 Å². The van der Waals surface area contributed by atoms with E-state index in [-0.39, 0.29) is 11.9 Å². The highest BCUT2D eigenvalue weighted by Gasteiger charge is 2.33. The van der Waals surface area contributed by atoms with Gasteiger partial charge < -0.3 is 14.4 Å². The van der Waals surface area contributed by atoms with Gasteiger partial charge in [-0.05, 0) is 49.1 Å². The molecule has 3 aromatic rings. The number of amides is 1. The van der Waals surface area contributed by atoms with Gasteiger partial charge in [0.25, 0.3) is 5.91 Å². The van der Waals surface area contributed by atoms with E-state index in [0.717, 1.165) is 36.1 Å². The first kappa shape index (κ1) is 19.0. The molecule has 7 nitrogen and oxygen atoms in total. The summed E-state index contributed by atoms with van der Waals surface area (Å²) < 4.78 is 10.9. The second kappa shape index (κ2) is 8.34. The maximum atomic E-state index is 13.5. The van der Waals surface area contributed by atoms with Crippen LogP contribution in [0.15, 0.2) is 48.9 Å². The summed E-state index contributed by atoms with van der Waals surface area (Å²) >= 11 is 0. The lowest BCUT2D eigenvalue weighted by Crippen LogP contribution is -2.39. The number of hydrogen-bond donors (Lipinski definition) is 1. The Hall–Kier alpha value is -3.35. The number of para-hydroxylation sites is 1. The molecule has 29 heavy (non-hydrogen) atoms. The minimum Gasteiger partial charge on any atom is -0.493 e. The highest BCUT2D eigenvalue weighted by Crippen LogP contribution is 2.38. The van der Waals surface area contributed by atoms with Crippen LogP contribution in [0.5, 0.6) is 11.5 Å². The van der Waals surface area contributed by atoms with E-state index < -0.39 is 0 Å². The molecule has 1 N–H and O–H groups in total. The zero-order valence-corrected chi connectivity index (χ0v) is 16.6. The van der Waals surface area contributed by atoms with Gasteiger partial charge in [0.2, 0.25) is 0 Å². The van der Waals surface area contributed by atoms with Crippen LogP contribution in [0.4, 0.5) is 0 Å². The third-order valence-corrected chi connectivity index (χ3v) is 5.39. The molecule has 0 aliphatic carbocycles. The number of H-pyrrole nitrogens is 1. The lowest BCUT2D eigenvalue weighted by Gasteiger charge is -2.36. The fraction of sp³-hybridized carbons (Fsp3) is 0.318. The second-order valence-corrected chi connectivity index (χ2v) is 6.98. The lowest BCUT2D eigenvalue weighted by molar-refractivity contribution is 0.0602. The number of rotatable bonds is 5. The van der Waals surface area contributed by atoms with Gasteiger partial charge in [-0.2, -0.15) is 5.10 Å². The molecule has 1 fully saturated rings. The van der Waals surface area contributed by atoms with E-state index in [1.807, 2.05) is 29.3 Å². The van der Waals surface area contributed by atoms with E-state index in [4.69, 9.17) is 9.47 Å². The van der Waals surface area contributed by atoms with Crippen molar-refractivity contribution in [3.05, 3.63) is 60.2 Å². The number of pyridine rings is 1. The van der Waals surface area contributed by atoms with Crippen LogP contribution in [0.1, 0.15) is 41.4 Å². The van der Waals surface area contributed by atoms with Crippen LogP contribution in [0.25, 0.3) is 11.1 Å². The largest absolute Gasteiger partial charge is 0.493 e. The van der Waals surface area contributed by atoms with Crippen molar-refractivity contribution in [3.8, 4) is 22.6 Å². The predicted molar refractivity (Wildman–Crippen MR) is 109 cm³/mol. The van der Waals surface area contributed by atoms with E-state index in [1.54, 1.807) is 38.7 Å². The molecule has 0 spiro atoms. The Balaban J connectivity index is 1.72. The van der Waals surface area contributed by atoms with E-state index >= 15 is 0 Å². The summed E-state index contributed by atoms with van der Waals surface area (Å²) in [6.07, 6.45) is 8.23. The van der Waals surface area contributed by atoms with Crippen molar-refractivity contribution < 1.29 is 14.3 Å². The first-order valence-electron chi connectivity index (χ1n) is 9.70. The highest BCUT2D eigenvalue weighted by atomic mass is 16.5. The van der Waals surface area contributed by atoms with Gasteiger partial charge in [-0.25, -0.2) is 0 Å². The normalized spacial score (nSPS) is 16.5. The number of nitrogens with one attached hydrogen (secondary N) is 1. The molecule has 0 bridgehead atoms. The quantitative estimate of drug-likeness (QED) is 0.713. The summed E-state index contributed by atoms with van der Waals surface area (Å²) in [5.74, 6) is 0.940. The van der Waals surface area contributed by atoms with E-state index in [2.05, 4.69) is 15.2 Å². The van der Waals surface area contributed by atoms with Crippen LogP contribution in [-0.2, 0) is 0 Å². The number of methoxy groups -OCH3 is 2. The Morgan fingerprint density at radius 1 is 1.14 bits per heavy atom. The van der Waals surface area contributed by atoms with Crippen molar-refractivity contribution in [1.29, 1.82) is 0 Å². The van der Waals surface area contributed by atoms with Crippen molar-refractivity contribution >= 4 is 5.91 Å². The summed E-state index contributed by atoms with van der Waals surface area (Å²) in [7, 11) is 3.13. The van der Waals surface area contributed by atoms with Gasteiger partial charge in [0.15, 0.2) is 11.5 Å². The lowest BCUT2D eigenvalue weighted by atomic mass is 9.94. The summed E-state index contributed by atoms with van der Waals surface area (Å²) in [5, 5.41) is 7.41. The Bertz CT molecular complexity index is 987. The first-order valence-corrected chi connectivity index (χ1v) is 9.70. The van der Waals surface area contributed by atoms with Crippen LogP contribution in [0, 0.1) is 0 Å². The SMILES string of the molecule is COc1cccc(C(=O)N2CCCC[C@@H]2c2[nH]ncc2-c2ccncc2)c1OC. The Morgan fingerprint density at radius 3 is 2.72 bits per heavy atom. The number of benzene rings is 1. The third-order valence-electron chi connectivity index (χ3n) is 5.39. The van der Waals surface area contributed by atoms with Crippen molar-refractivity contribution in [2.24, 2.45) is 0 Å². The Kier molecular flexibility index (Phi) is 5.46. The molecule has 4 rings (SSSR count). The number of likely N-dealkylation sites (tertiary alicyclic amines) is 1. The van der Waals surface area contributed by atoms with Crippen LogP contribution in [0.3, 0.4) is 0 Å². The predicted octanol–water partition coefficient (Wildman–Crippen LogP) is 3.86. The maximum Gasteiger partial charge on any atom is 0.258 e. The number of aromatic nitrogens is 3. The molecule has 0 radical (unpaired) electrons. The zero-order valence-electron chi connectivity index (χ0n) is 16.6. The number of nitrogens with zero attached hydrogens (tertiary/aromatic N) is 3. The molecule has 0 unspecified atom stereocenters. The molecule has 3 heterocycles. The minimum absolute atomic E-state index is 0.0688. The van der Waals surface area contributed by atoms with Gasteiger partial charge >= 0.3 is 0 Å². The van der Waals surface area contributed by atoms with Crippen LogP contribution in [-0.4, -0.2) is 46.8 Å². The smallest absolute Gasteiger partial charge is 0.258 e. The average Bonchev–Trinajstić information content (AvgIpc) is 3.28. The molecule has 150 valence electrons. The van der Waals surface area contributed by atoms with Gasteiger partial charge in [-0.3, -0.25) is 14.9 Å². The fourth-order valence-corrected chi connectivity index (χ4v) is 4.00. The molecule has 1 aromatic carbocycles. The number of ether oxygens (including phenoxy) is 2. The fourth-order valence-electron chi connectivity index (χ4n) is 4.00. The van der Waals surface area contributed by atoms with Gasteiger partial charge in [-0.15, -0.1) is 0 Å². The molecular formula is C22H24N4O3. The number of piperidine rings is 1. The molecule has 1 aliphatic rings. The zero-order chi connectivity index (χ0) is 20.2. The third kappa shape index (κ3) is 3.55. The van der Waals surface area contributed by atoms with Crippen molar-refractivity contribution in [2.45, 2.75) is 25.3 Å². The van der Waals surface area contributed by atoms with E-state index in [0.29, 0.717) is 23.6 Å². The second-order valence-electron chi connectivity index (χ2n) is 6.98. The van der Waals surface area contributed by atoms with Gasteiger partial charge in [0, 0.05) is 24.5 Å². The number of carbonyl (C=O) groups is 1. The first-order chi connectivity index (χ1) is 14.2. The van der Waals surface area contributed by atoms with E-state index in [9.17, 15) is 4.79 Å². The van der Waals surface area contributed by atoms with Crippen molar-refractivity contribution in [3.63, 3.8) is 0 Å². The molecule has 7 heteroatoms. The maximum absolute atomic E-state index is 13.5. The summed E-state index contributed by atoms with van der Waals surface area (Å²) in [6.45, 7) is 0.679. The molecule has 1 atom stereocenters. The molecule has 0 saturated carbocycles. The van der Waals surface area contributed by atoms with Gasteiger partial charge in [0.05, 0.1) is 37.7 Å².